The molecule has 0 unspecified atom stereocenters. The van der Waals surface area contributed by atoms with Gasteiger partial charge in [0.15, 0.2) is 23.2 Å². The van der Waals surface area contributed by atoms with Gasteiger partial charge < -0.3 is 35.4 Å². The van der Waals surface area contributed by atoms with E-state index in [0.717, 1.165) is 18.4 Å². The number of phenols is 1. The van der Waals surface area contributed by atoms with E-state index >= 15 is 0 Å². The van der Waals surface area contributed by atoms with Gasteiger partial charge in [0.25, 0.3) is 0 Å². The number of hydrogen-bond acceptors (Lipinski definition) is 10. The van der Waals surface area contributed by atoms with Crippen molar-refractivity contribution in [1.29, 1.82) is 0 Å². The Hall–Kier alpha value is -3.48. The number of unbranched alkanes of at least 4 members (excludes halogenated alkanes) is 1. The van der Waals surface area contributed by atoms with Gasteiger partial charge in [0.2, 0.25) is 0 Å². The van der Waals surface area contributed by atoms with Crippen LogP contribution >= 0.6 is 0 Å². The summed E-state index contributed by atoms with van der Waals surface area (Å²) in [6, 6.07) is 6.77. The standard InChI is InChI=1S/C22H28N6O6/c1-2-3-8-23-22(32)33-10-15-17(30)18(31)21(34-15)28-12-27-16-19(25-11-26-20(16)28)24-9-13-4-6-14(29)7-5-13/h4-7,11-12,15,17-18,21,29-31H,2-3,8-10H2,1H3,(H,23,32)(H,24,25,26)/t15-,17-,18-,21-/m1/s1. The molecule has 5 N–H and O–H groups in total. The van der Waals surface area contributed by atoms with E-state index in [4.69, 9.17) is 9.47 Å². The fourth-order valence-corrected chi connectivity index (χ4v) is 3.64. The number of imidazole rings is 1. The Bertz CT molecular complexity index is 1110. The highest BCUT2D eigenvalue weighted by Crippen LogP contribution is 2.32. The van der Waals surface area contributed by atoms with Crippen molar-refractivity contribution >= 4 is 23.1 Å². The molecule has 1 amide bonds. The average molecular weight is 473 g/mol. The summed E-state index contributed by atoms with van der Waals surface area (Å²) in [4.78, 5) is 24.6. The van der Waals surface area contributed by atoms with Crippen LogP contribution in [-0.4, -0.2) is 72.4 Å². The van der Waals surface area contributed by atoms with Crippen LogP contribution in [0.5, 0.6) is 5.75 Å². The number of aliphatic hydroxyl groups is 2. The van der Waals surface area contributed by atoms with Crippen LogP contribution in [0, 0.1) is 0 Å². The smallest absolute Gasteiger partial charge is 0.407 e. The van der Waals surface area contributed by atoms with Crippen molar-refractivity contribution < 1.29 is 29.6 Å². The van der Waals surface area contributed by atoms with Gasteiger partial charge in [-0.3, -0.25) is 4.57 Å². The predicted octanol–water partition coefficient (Wildman–Crippen LogP) is 1.29. The fourth-order valence-electron chi connectivity index (χ4n) is 3.64. The third-order valence-corrected chi connectivity index (χ3v) is 5.54. The van der Waals surface area contributed by atoms with E-state index < -0.39 is 30.6 Å². The first-order chi connectivity index (χ1) is 16.5. The molecule has 0 saturated carbocycles. The number of amides is 1. The maximum absolute atomic E-state index is 11.8. The molecule has 4 atom stereocenters. The van der Waals surface area contributed by atoms with Crippen LogP contribution < -0.4 is 10.6 Å². The number of benzene rings is 1. The second-order valence-corrected chi connectivity index (χ2v) is 7.99. The van der Waals surface area contributed by atoms with E-state index in [9.17, 15) is 20.1 Å². The minimum Gasteiger partial charge on any atom is -0.508 e. The minimum atomic E-state index is -1.28. The molecule has 1 aliphatic rings. The van der Waals surface area contributed by atoms with E-state index in [-0.39, 0.29) is 12.4 Å². The Morgan fingerprint density at radius 3 is 2.74 bits per heavy atom. The number of phenolic OH excluding ortho intramolecular Hbond substituents is 1. The van der Waals surface area contributed by atoms with Crippen LogP contribution in [-0.2, 0) is 16.0 Å². The van der Waals surface area contributed by atoms with E-state index in [0.29, 0.717) is 30.1 Å². The number of nitrogens with one attached hydrogen (secondary N) is 2. The lowest BCUT2D eigenvalue weighted by Gasteiger charge is -2.16. The van der Waals surface area contributed by atoms with Crippen molar-refractivity contribution in [2.45, 2.75) is 50.8 Å². The molecule has 12 nitrogen and oxygen atoms in total. The first-order valence-electron chi connectivity index (χ1n) is 11.1. The van der Waals surface area contributed by atoms with Crippen LogP contribution in [0.2, 0.25) is 0 Å². The Morgan fingerprint density at radius 1 is 1.18 bits per heavy atom. The van der Waals surface area contributed by atoms with Crippen molar-refractivity contribution in [2.75, 3.05) is 18.5 Å². The van der Waals surface area contributed by atoms with Gasteiger partial charge in [-0.15, -0.1) is 0 Å². The molecule has 3 aromatic rings. The molecule has 1 fully saturated rings. The summed E-state index contributed by atoms with van der Waals surface area (Å²) >= 11 is 0. The summed E-state index contributed by atoms with van der Waals surface area (Å²) in [6.45, 7) is 2.74. The number of aliphatic hydroxyl groups excluding tert-OH is 2. The summed E-state index contributed by atoms with van der Waals surface area (Å²) in [5, 5.41) is 36.2. The largest absolute Gasteiger partial charge is 0.508 e. The van der Waals surface area contributed by atoms with Gasteiger partial charge in [0, 0.05) is 13.1 Å². The SMILES string of the molecule is CCCCNC(=O)OC[C@H]1O[C@@H](n2cnc3c(NCc4ccc(O)cc4)ncnc32)[C@H](O)[C@@H]1O. The van der Waals surface area contributed by atoms with Gasteiger partial charge in [-0.05, 0) is 24.1 Å². The Morgan fingerprint density at radius 2 is 1.97 bits per heavy atom. The summed E-state index contributed by atoms with van der Waals surface area (Å²) in [7, 11) is 0. The third kappa shape index (κ3) is 5.19. The van der Waals surface area contributed by atoms with Gasteiger partial charge in [-0.25, -0.2) is 19.7 Å². The topological polar surface area (TPSA) is 164 Å². The second-order valence-electron chi connectivity index (χ2n) is 7.99. The maximum Gasteiger partial charge on any atom is 0.407 e. The zero-order valence-electron chi connectivity index (χ0n) is 18.7. The van der Waals surface area contributed by atoms with Crippen LogP contribution in [0.3, 0.4) is 0 Å². The average Bonchev–Trinajstić information content (AvgIpc) is 3.39. The Kier molecular flexibility index (Phi) is 7.40. The van der Waals surface area contributed by atoms with Crippen LogP contribution in [0.1, 0.15) is 31.6 Å². The molecular weight excluding hydrogens is 444 g/mol. The Balaban J connectivity index is 1.43. The lowest BCUT2D eigenvalue weighted by atomic mass is 10.1. The van der Waals surface area contributed by atoms with Crippen LogP contribution in [0.25, 0.3) is 11.2 Å². The quantitative estimate of drug-likeness (QED) is 0.287. The summed E-state index contributed by atoms with van der Waals surface area (Å²) < 4.78 is 12.4. The van der Waals surface area contributed by atoms with Gasteiger partial charge in [-0.2, -0.15) is 0 Å². The Labute approximate surface area is 195 Å². The van der Waals surface area contributed by atoms with Crippen molar-refractivity contribution in [2.24, 2.45) is 0 Å². The van der Waals surface area contributed by atoms with Gasteiger partial charge in [-0.1, -0.05) is 25.5 Å². The molecule has 3 heterocycles. The van der Waals surface area contributed by atoms with Gasteiger partial charge in [0.1, 0.15) is 37.0 Å². The summed E-state index contributed by atoms with van der Waals surface area (Å²) in [5.41, 5.74) is 1.79. The molecule has 34 heavy (non-hydrogen) atoms. The molecule has 2 aromatic heterocycles. The zero-order chi connectivity index (χ0) is 24.1. The lowest BCUT2D eigenvalue weighted by molar-refractivity contribution is -0.0533. The molecule has 0 bridgehead atoms. The van der Waals surface area contributed by atoms with E-state index in [1.165, 1.54) is 17.2 Å². The molecule has 1 aromatic carbocycles. The highest BCUT2D eigenvalue weighted by atomic mass is 16.6. The molecule has 0 aliphatic carbocycles. The normalized spacial score (nSPS) is 22.1. The summed E-state index contributed by atoms with van der Waals surface area (Å²) in [6.07, 6.45) is -0.454. The van der Waals surface area contributed by atoms with E-state index in [2.05, 4.69) is 25.6 Å². The highest BCUT2D eigenvalue weighted by molar-refractivity contribution is 5.82. The second kappa shape index (κ2) is 10.6. The number of rotatable bonds is 9. The van der Waals surface area contributed by atoms with Crippen molar-refractivity contribution in [3.05, 3.63) is 42.5 Å². The third-order valence-electron chi connectivity index (χ3n) is 5.54. The number of carbonyl (C=O) groups excluding carboxylic acids is 1. The number of nitrogens with zero attached hydrogens (tertiary/aromatic N) is 4. The number of alkyl carbamates (subject to hydrolysis) is 1. The van der Waals surface area contributed by atoms with Crippen molar-refractivity contribution in [1.82, 2.24) is 24.8 Å². The first-order valence-corrected chi connectivity index (χ1v) is 11.1. The molecule has 182 valence electrons. The number of carbonyl (C=O) groups is 1. The number of ether oxygens (including phenoxy) is 2. The molecule has 1 saturated heterocycles. The lowest BCUT2D eigenvalue weighted by Crippen LogP contribution is -2.36. The number of fused-ring (bicyclic) bond motifs is 1. The molecule has 0 radical (unpaired) electrons. The van der Waals surface area contributed by atoms with Gasteiger partial charge in [0.05, 0.1) is 6.33 Å². The number of aromatic nitrogens is 4. The summed E-state index contributed by atoms with van der Waals surface area (Å²) in [5.74, 6) is 0.665. The van der Waals surface area contributed by atoms with Crippen LogP contribution in [0.4, 0.5) is 10.6 Å². The van der Waals surface area contributed by atoms with E-state index in [1.807, 2.05) is 6.92 Å². The molecule has 1 aliphatic heterocycles. The molecule has 12 heteroatoms. The monoisotopic (exact) mass is 472 g/mol. The molecule has 4 rings (SSSR count). The number of hydrogen-bond donors (Lipinski definition) is 5. The first kappa shape index (κ1) is 23.7. The maximum atomic E-state index is 11.8. The highest BCUT2D eigenvalue weighted by Gasteiger charge is 2.45. The van der Waals surface area contributed by atoms with Crippen molar-refractivity contribution in [3.8, 4) is 5.75 Å². The number of anilines is 1. The molecule has 0 spiro atoms. The zero-order valence-corrected chi connectivity index (χ0v) is 18.7. The fraction of sp³-hybridized carbons (Fsp3) is 0.455. The molecular formula is C22H28N6O6. The van der Waals surface area contributed by atoms with Gasteiger partial charge >= 0.3 is 6.09 Å². The van der Waals surface area contributed by atoms with Crippen molar-refractivity contribution in [3.63, 3.8) is 0 Å². The minimum absolute atomic E-state index is 0.185. The van der Waals surface area contributed by atoms with Crippen LogP contribution in [0.15, 0.2) is 36.9 Å². The van der Waals surface area contributed by atoms with E-state index in [1.54, 1.807) is 24.3 Å². The predicted molar refractivity (Wildman–Crippen MR) is 121 cm³/mol. The number of aromatic hydroxyl groups is 1.